The van der Waals surface area contributed by atoms with Crippen LogP contribution in [0.3, 0.4) is 0 Å². The number of phenolic OH excluding ortho intramolecular Hbond substituents is 2. The Morgan fingerprint density at radius 1 is 0.439 bits per heavy atom. The molecule has 6 aromatic carbocycles. The molecule has 0 radical (unpaired) electrons. The van der Waals surface area contributed by atoms with Gasteiger partial charge in [0, 0.05) is 12.1 Å². The summed E-state index contributed by atoms with van der Waals surface area (Å²) >= 11 is 0. The number of aryl methyl sites for hydroxylation is 2. The molecule has 66 heavy (non-hydrogen) atoms. The van der Waals surface area contributed by atoms with Gasteiger partial charge in [0.05, 0.1) is 35.5 Å². The predicted octanol–water partition coefficient (Wildman–Crippen LogP) is 14.2. The van der Waals surface area contributed by atoms with E-state index in [0.29, 0.717) is 16.2 Å². The molecule has 6 aromatic rings. The van der Waals surface area contributed by atoms with Crippen LogP contribution < -0.4 is 9.47 Å². The van der Waals surface area contributed by atoms with Crippen molar-refractivity contribution in [3.05, 3.63) is 118 Å². The number of unbranched alkanes of at least 4 members (excludes halogenated alkanes) is 14. The monoisotopic (exact) mass is 896 g/mol. The van der Waals surface area contributed by atoms with Gasteiger partial charge in [-0.1, -0.05) is 140 Å². The second kappa shape index (κ2) is 24.2. The first kappa shape index (κ1) is 49.0. The number of aromatic hydroxyl groups is 2. The first-order valence-electron chi connectivity index (χ1n) is 23.8. The minimum absolute atomic E-state index is 0.0407. The number of ether oxygens (including phenoxy) is 4. The van der Waals surface area contributed by atoms with E-state index in [1.54, 1.807) is 12.1 Å². The fourth-order valence-corrected chi connectivity index (χ4v) is 8.66. The Morgan fingerprint density at radius 3 is 1.21 bits per heavy atom. The van der Waals surface area contributed by atoms with Crippen molar-refractivity contribution in [3.63, 3.8) is 0 Å². The lowest BCUT2D eigenvalue weighted by Gasteiger charge is -2.17. The zero-order valence-corrected chi connectivity index (χ0v) is 39.0. The lowest BCUT2D eigenvalue weighted by atomic mass is 9.88. The second-order valence-corrected chi connectivity index (χ2v) is 17.4. The summed E-state index contributed by atoms with van der Waals surface area (Å²) in [7, 11) is 0. The van der Waals surface area contributed by atoms with E-state index in [2.05, 4.69) is 13.8 Å². The van der Waals surface area contributed by atoms with Crippen molar-refractivity contribution in [1.82, 2.24) is 0 Å². The third-order valence-electron chi connectivity index (χ3n) is 12.1. The summed E-state index contributed by atoms with van der Waals surface area (Å²) in [5, 5.41) is 25.3. The third kappa shape index (κ3) is 12.9. The zero-order chi connectivity index (χ0) is 47.0. The molecule has 10 heteroatoms. The fourth-order valence-electron chi connectivity index (χ4n) is 8.66. The van der Waals surface area contributed by atoms with Crippen molar-refractivity contribution >= 4 is 56.2 Å². The number of hydrogen-bond donors (Lipinski definition) is 2. The SMILES string of the molecule is CCCCCCCCCCOC(=O)c1cc(O)cc(OC(=O)c2cc3cc(C(=O)Oc4cc(O)cc(C(=O)OCCCCCCCCCC)c4)c4cccc(C)c4c3c3c(C)cccc23)c1. The maximum atomic E-state index is 14.2. The van der Waals surface area contributed by atoms with Gasteiger partial charge in [-0.15, -0.1) is 0 Å². The summed E-state index contributed by atoms with van der Waals surface area (Å²) in [5.74, 6) is -3.36. The molecule has 0 aliphatic carbocycles. The second-order valence-electron chi connectivity index (χ2n) is 17.4. The Morgan fingerprint density at radius 2 is 0.818 bits per heavy atom. The molecule has 0 aliphatic rings. The molecule has 0 spiro atoms. The molecule has 10 nitrogen and oxygen atoms in total. The van der Waals surface area contributed by atoms with Crippen LogP contribution in [-0.2, 0) is 9.47 Å². The van der Waals surface area contributed by atoms with Crippen molar-refractivity contribution in [1.29, 1.82) is 0 Å². The summed E-state index contributed by atoms with van der Waals surface area (Å²) in [4.78, 5) is 54.5. The highest BCUT2D eigenvalue weighted by atomic mass is 16.5. The van der Waals surface area contributed by atoms with Crippen LogP contribution in [0.4, 0.5) is 0 Å². The van der Waals surface area contributed by atoms with Gasteiger partial charge < -0.3 is 29.2 Å². The molecule has 6 rings (SSSR count). The molecule has 0 bridgehead atoms. The van der Waals surface area contributed by atoms with Gasteiger partial charge in [-0.25, -0.2) is 19.2 Å². The minimum Gasteiger partial charge on any atom is -0.508 e. The van der Waals surface area contributed by atoms with Crippen molar-refractivity contribution in [2.24, 2.45) is 0 Å². The summed E-state index contributed by atoms with van der Waals surface area (Å²) in [5.41, 5.74) is 2.25. The Balaban J connectivity index is 1.23. The molecule has 0 fully saturated rings. The number of benzene rings is 6. The maximum Gasteiger partial charge on any atom is 0.344 e. The summed E-state index contributed by atoms with van der Waals surface area (Å²) < 4.78 is 22.8. The summed E-state index contributed by atoms with van der Waals surface area (Å²) in [6.45, 7) is 8.77. The highest BCUT2D eigenvalue weighted by Gasteiger charge is 2.24. The molecule has 2 N–H and O–H groups in total. The number of hydrogen-bond acceptors (Lipinski definition) is 10. The molecule has 0 aromatic heterocycles. The zero-order valence-electron chi connectivity index (χ0n) is 39.0. The van der Waals surface area contributed by atoms with Crippen LogP contribution in [0.15, 0.2) is 84.9 Å². The van der Waals surface area contributed by atoms with Crippen molar-refractivity contribution in [2.75, 3.05) is 13.2 Å². The molecular formula is C56H64O10. The third-order valence-corrected chi connectivity index (χ3v) is 12.1. The fraction of sp³-hybridized carbons (Fsp3) is 0.393. The standard InChI is InChI=1S/C56H64O10/c1-5-7-9-11-13-15-17-19-27-63-53(59)40-29-42(57)35-44(31-40)65-55(61)48-33-39-34-49(47-26-22-24-38(4)51(47)52(39)50-37(3)23-21-25-46(48)50)56(62)66-45-32-41(30-43(58)36-45)54(60)64-28-20-18-16-14-12-10-8-6-2/h21-26,29-36,57-58H,5-20,27-28H2,1-4H3. The average molecular weight is 897 g/mol. The van der Waals surface area contributed by atoms with Crippen molar-refractivity contribution < 1.29 is 48.3 Å². The lowest BCUT2D eigenvalue weighted by Crippen LogP contribution is -2.12. The number of rotatable bonds is 24. The number of phenols is 2. The summed E-state index contributed by atoms with van der Waals surface area (Å²) in [6.07, 6.45) is 17.7. The normalized spacial score (nSPS) is 11.3. The maximum absolute atomic E-state index is 14.2. The van der Waals surface area contributed by atoms with Crippen molar-refractivity contribution in [2.45, 2.75) is 130 Å². The van der Waals surface area contributed by atoms with Crippen LogP contribution in [0.5, 0.6) is 23.0 Å². The van der Waals surface area contributed by atoms with Gasteiger partial charge in [0.25, 0.3) is 0 Å². The van der Waals surface area contributed by atoms with Crippen LogP contribution in [0.2, 0.25) is 0 Å². The molecule has 0 saturated heterocycles. The highest BCUT2D eigenvalue weighted by Crippen LogP contribution is 2.40. The Hall–Kier alpha value is -6.42. The smallest absolute Gasteiger partial charge is 0.344 e. The van der Waals surface area contributed by atoms with Gasteiger partial charge in [0.1, 0.15) is 23.0 Å². The van der Waals surface area contributed by atoms with Crippen LogP contribution in [-0.4, -0.2) is 47.3 Å². The van der Waals surface area contributed by atoms with Crippen LogP contribution in [0, 0.1) is 13.8 Å². The molecule has 0 saturated carbocycles. The predicted molar refractivity (Wildman–Crippen MR) is 260 cm³/mol. The van der Waals surface area contributed by atoms with E-state index < -0.39 is 23.9 Å². The molecule has 0 heterocycles. The molecular weight excluding hydrogens is 833 g/mol. The Kier molecular flexibility index (Phi) is 18.0. The van der Waals surface area contributed by atoms with E-state index >= 15 is 0 Å². The highest BCUT2D eigenvalue weighted by molar-refractivity contribution is 6.28. The van der Waals surface area contributed by atoms with E-state index in [-0.39, 0.29) is 58.5 Å². The minimum atomic E-state index is -0.744. The molecule has 0 amide bonds. The van der Waals surface area contributed by atoms with Crippen LogP contribution in [0.25, 0.3) is 32.3 Å². The molecule has 0 aliphatic heterocycles. The molecule has 348 valence electrons. The Bertz CT molecular complexity index is 2480. The van der Waals surface area contributed by atoms with Gasteiger partial charge in [0.2, 0.25) is 0 Å². The number of fused-ring (bicyclic) bond motifs is 5. The first-order chi connectivity index (χ1) is 32.0. The van der Waals surface area contributed by atoms with Gasteiger partial charge in [-0.2, -0.15) is 0 Å². The lowest BCUT2D eigenvalue weighted by molar-refractivity contribution is 0.0487. The number of carbonyl (C=O) groups is 4. The quantitative estimate of drug-likeness (QED) is 0.0260. The van der Waals surface area contributed by atoms with E-state index in [1.807, 2.05) is 50.2 Å². The van der Waals surface area contributed by atoms with E-state index in [1.165, 1.54) is 87.8 Å². The Labute approximate surface area is 388 Å². The number of esters is 4. The van der Waals surface area contributed by atoms with Crippen LogP contribution >= 0.6 is 0 Å². The summed E-state index contributed by atoms with van der Waals surface area (Å²) in [6, 6.07) is 22.4. The van der Waals surface area contributed by atoms with E-state index in [9.17, 15) is 29.4 Å². The topological polar surface area (TPSA) is 146 Å². The van der Waals surface area contributed by atoms with E-state index in [4.69, 9.17) is 18.9 Å². The number of carbonyl (C=O) groups excluding carboxylic acids is 4. The average Bonchev–Trinajstić information content (AvgIpc) is 3.29. The first-order valence-corrected chi connectivity index (χ1v) is 23.8. The molecule has 0 atom stereocenters. The largest absolute Gasteiger partial charge is 0.508 e. The van der Waals surface area contributed by atoms with Gasteiger partial charge in [-0.3, -0.25) is 0 Å². The van der Waals surface area contributed by atoms with Gasteiger partial charge >= 0.3 is 23.9 Å². The molecule has 0 unspecified atom stereocenters. The van der Waals surface area contributed by atoms with E-state index in [0.717, 1.165) is 78.7 Å². The van der Waals surface area contributed by atoms with Gasteiger partial charge in [-0.05, 0) is 107 Å². The van der Waals surface area contributed by atoms with Gasteiger partial charge in [0.15, 0.2) is 0 Å². The van der Waals surface area contributed by atoms with Crippen molar-refractivity contribution in [3.8, 4) is 23.0 Å². The van der Waals surface area contributed by atoms with Crippen LogP contribution in [0.1, 0.15) is 169 Å².